The monoisotopic (exact) mass is 352 g/mol. The van der Waals surface area contributed by atoms with Gasteiger partial charge in [0.05, 0.1) is 23.3 Å². The van der Waals surface area contributed by atoms with Crippen molar-refractivity contribution in [2.24, 2.45) is 0 Å². The number of aromatic nitrogens is 3. The molecule has 2 aromatic heterocycles. The minimum atomic E-state index is -0.224. The number of carbonyl (C=O) groups excluding carboxylic acids is 2. The van der Waals surface area contributed by atoms with Gasteiger partial charge in [-0.1, -0.05) is 0 Å². The number of hydrogen-bond donors (Lipinski definition) is 2. The first-order valence-electron chi connectivity index (χ1n) is 8.06. The number of carbonyl (C=O) groups is 2. The average molecular weight is 352 g/mol. The summed E-state index contributed by atoms with van der Waals surface area (Å²) in [5.74, 6) is 0.368. The summed E-state index contributed by atoms with van der Waals surface area (Å²) >= 11 is 0. The number of amides is 2. The Balaban J connectivity index is 1.90. The third-order valence-electron chi connectivity index (χ3n) is 3.94. The molecular formula is C18H20N6O2. The summed E-state index contributed by atoms with van der Waals surface area (Å²) < 4.78 is 1.55. The number of nitrogens with one attached hydrogen (secondary N) is 1. The number of anilines is 1. The van der Waals surface area contributed by atoms with E-state index < -0.39 is 0 Å². The predicted octanol–water partition coefficient (Wildman–Crippen LogP) is 1.78. The molecule has 3 aromatic rings. The van der Waals surface area contributed by atoms with Crippen LogP contribution in [0.3, 0.4) is 0 Å². The van der Waals surface area contributed by atoms with Crippen LogP contribution in [0, 0.1) is 6.92 Å². The van der Waals surface area contributed by atoms with Crippen molar-refractivity contribution in [3.8, 4) is 0 Å². The largest absolute Gasteiger partial charge is 0.399 e. The van der Waals surface area contributed by atoms with Gasteiger partial charge < -0.3 is 16.0 Å². The zero-order chi connectivity index (χ0) is 18.8. The Morgan fingerprint density at radius 1 is 1.23 bits per heavy atom. The molecule has 2 amide bonds. The molecule has 3 N–H and O–H groups in total. The molecule has 2 heterocycles. The molecular weight excluding hydrogens is 332 g/mol. The molecule has 0 saturated heterocycles. The number of fused-ring (bicyclic) bond motifs is 1. The molecule has 0 atom stereocenters. The number of nitrogens with two attached hydrogens (primary N) is 1. The maximum atomic E-state index is 13.0. The van der Waals surface area contributed by atoms with Gasteiger partial charge in [0.1, 0.15) is 5.82 Å². The van der Waals surface area contributed by atoms with Gasteiger partial charge in [-0.05, 0) is 37.3 Å². The Morgan fingerprint density at radius 3 is 2.73 bits per heavy atom. The maximum absolute atomic E-state index is 13.0. The second-order valence-corrected chi connectivity index (χ2v) is 6.14. The number of nitrogens with zero attached hydrogens (tertiary/aromatic N) is 4. The lowest BCUT2D eigenvalue weighted by Gasteiger charge is -2.12. The average Bonchev–Trinajstić information content (AvgIpc) is 2.93. The van der Waals surface area contributed by atoms with E-state index in [0.29, 0.717) is 33.8 Å². The molecule has 0 fully saturated rings. The second kappa shape index (κ2) is 6.83. The number of benzene rings is 1. The van der Waals surface area contributed by atoms with Gasteiger partial charge in [0.2, 0.25) is 0 Å². The molecule has 0 spiro atoms. The lowest BCUT2D eigenvalue weighted by molar-refractivity contribution is 0.0962. The van der Waals surface area contributed by atoms with Crippen LogP contribution in [0.1, 0.15) is 21.9 Å². The first kappa shape index (κ1) is 17.4. The lowest BCUT2D eigenvalue weighted by atomic mass is 10.2. The molecule has 134 valence electrons. The van der Waals surface area contributed by atoms with E-state index in [4.69, 9.17) is 5.73 Å². The SMILES string of the molecule is Cc1nc2cc(N)ccc2n1C(=O)c1ccnc(CNC(=O)N(C)C)c1. The van der Waals surface area contributed by atoms with Crippen LogP contribution in [0.15, 0.2) is 36.5 Å². The van der Waals surface area contributed by atoms with Crippen LogP contribution in [0.4, 0.5) is 10.5 Å². The number of pyridine rings is 1. The highest BCUT2D eigenvalue weighted by Gasteiger charge is 2.17. The highest BCUT2D eigenvalue weighted by Crippen LogP contribution is 2.20. The molecule has 1 aromatic carbocycles. The van der Waals surface area contributed by atoms with Gasteiger partial charge in [-0.25, -0.2) is 9.78 Å². The Morgan fingerprint density at radius 2 is 2.00 bits per heavy atom. The van der Waals surface area contributed by atoms with Gasteiger partial charge in [-0.3, -0.25) is 14.3 Å². The highest BCUT2D eigenvalue weighted by atomic mass is 16.2. The third kappa shape index (κ3) is 3.34. The number of imidazole rings is 1. The van der Waals surface area contributed by atoms with E-state index in [1.807, 2.05) is 0 Å². The summed E-state index contributed by atoms with van der Waals surface area (Å²) in [6.45, 7) is 2.01. The Labute approximate surface area is 150 Å². The molecule has 8 heteroatoms. The number of rotatable bonds is 3. The Bertz CT molecular complexity index is 993. The van der Waals surface area contributed by atoms with E-state index in [1.54, 1.807) is 62.1 Å². The molecule has 0 aliphatic rings. The molecule has 0 bridgehead atoms. The van der Waals surface area contributed by atoms with Crippen molar-refractivity contribution in [1.29, 1.82) is 0 Å². The summed E-state index contributed by atoms with van der Waals surface area (Å²) in [5, 5.41) is 2.73. The van der Waals surface area contributed by atoms with Crippen molar-refractivity contribution < 1.29 is 9.59 Å². The van der Waals surface area contributed by atoms with Crippen LogP contribution in [0.5, 0.6) is 0 Å². The van der Waals surface area contributed by atoms with Crippen LogP contribution >= 0.6 is 0 Å². The van der Waals surface area contributed by atoms with Crippen molar-refractivity contribution in [2.75, 3.05) is 19.8 Å². The summed E-state index contributed by atoms with van der Waals surface area (Å²) in [5.41, 5.74) is 8.81. The van der Waals surface area contributed by atoms with E-state index in [9.17, 15) is 9.59 Å². The predicted molar refractivity (Wildman–Crippen MR) is 98.8 cm³/mol. The lowest BCUT2D eigenvalue weighted by Crippen LogP contribution is -2.34. The fourth-order valence-corrected chi connectivity index (χ4v) is 2.64. The molecule has 3 rings (SSSR count). The highest BCUT2D eigenvalue weighted by molar-refractivity contribution is 6.02. The first-order valence-corrected chi connectivity index (χ1v) is 8.06. The van der Waals surface area contributed by atoms with Crippen LogP contribution < -0.4 is 11.1 Å². The zero-order valence-corrected chi connectivity index (χ0v) is 14.9. The van der Waals surface area contributed by atoms with Crippen LogP contribution in [-0.4, -0.2) is 45.5 Å². The molecule has 0 saturated carbocycles. The van der Waals surface area contributed by atoms with Gasteiger partial charge in [-0.2, -0.15) is 0 Å². The van der Waals surface area contributed by atoms with Crippen LogP contribution in [0.2, 0.25) is 0 Å². The van der Waals surface area contributed by atoms with E-state index in [-0.39, 0.29) is 18.5 Å². The van der Waals surface area contributed by atoms with Gasteiger partial charge in [0.25, 0.3) is 5.91 Å². The second-order valence-electron chi connectivity index (χ2n) is 6.14. The maximum Gasteiger partial charge on any atom is 0.317 e. The quantitative estimate of drug-likeness (QED) is 0.699. The molecule has 26 heavy (non-hydrogen) atoms. The number of nitrogen functional groups attached to an aromatic ring is 1. The molecule has 0 aliphatic heterocycles. The minimum Gasteiger partial charge on any atom is -0.399 e. The number of hydrogen-bond acceptors (Lipinski definition) is 5. The van der Waals surface area contributed by atoms with Gasteiger partial charge in [0, 0.05) is 31.5 Å². The topological polar surface area (TPSA) is 106 Å². The van der Waals surface area contributed by atoms with Gasteiger partial charge in [-0.15, -0.1) is 0 Å². The first-order chi connectivity index (χ1) is 12.4. The van der Waals surface area contributed by atoms with Crippen molar-refractivity contribution in [3.05, 3.63) is 53.6 Å². The third-order valence-corrected chi connectivity index (χ3v) is 3.94. The summed E-state index contributed by atoms with van der Waals surface area (Å²) in [7, 11) is 3.31. The molecule has 0 aliphatic carbocycles. The Hall–Kier alpha value is -3.42. The summed E-state index contributed by atoms with van der Waals surface area (Å²) in [6.07, 6.45) is 1.55. The number of urea groups is 1. The fraction of sp³-hybridized carbons (Fsp3) is 0.222. The zero-order valence-electron chi connectivity index (χ0n) is 14.9. The fourth-order valence-electron chi connectivity index (χ4n) is 2.64. The summed E-state index contributed by atoms with van der Waals surface area (Å²) in [4.78, 5) is 34.7. The number of aryl methyl sites for hydroxylation is 1. The van der Waals surface area contributed by atoms with Crippen molar-refractivity contribution in [3.63, 3.8) is 0 Å². The van der Waals surface area contributed by atoms with Crippen molar-refractivity contribution in [1.82, 2.24) is 24.8 Å². The van der Waals surface area contributed by atoms with Crippen LogP contribution in [-0.2, 0) is 6.54 Å². The smallest absolute Gasteiger partial charge is 0.317 e. The van der Waals surface area contributed by atoms with E-state index in [2.05, 4.69) is 15.3 Å². The standard InChI is InChI=1S/C18H20N6O2/c1-11-22-15-9-13(19)4-5-16(15)24(11)17(25)12-6-7-20-14(8-12)10-21-18(26)23(2)3/h4-9H,10,19H2,1-3H3,(H,21,26). The van der Waals surface area contributed by atoms with Gasteiger partial charge in [0.15, 0.2) is 0 Å². The van der Waals surface area contributed by atoms with Gasteiger partial charge >= 0.3 is 6.03 Å². The van der Waals surface area contributed by atoms with Crippen molar-refractivity contribution >= 4 is 28.7 Å². The molecule has 0 unspecified atom stereocenters. The van der Waals surface area contributed by atoms with Crippen LogP contribution in [0.25, 0.3) is 11.0 Å². The summed E-state index contributed by atoms with van der Waals surface area (Å²) in [6, 6.07) is 8.34. The molecule has 8 nitrogen and oxygen atoms in total. The minimum absolute atomic E-state index is 0.211. The normalized spacial score (nSPS) is 10.7. The molecule has 0 radical (unpaired) electrons. The van der Waals surface area contributed by atoms with E-state index in [0.717, 1.165) is 0 Å². The van der Waals surface area contributed by atoms with E-state index >= 15 is 0 Å². The van der Waals surface area contributed by atoms with E-state index in [1.165, 1.54) is 4.90 Å². The Kier molecular flexibility index (Phi) is 4.57. The van der Waals surface area contributed by atoms with Crippen molar-refractivity contribution in [2.45, 2.75) is 13.5 Å².